The van der Waals surface area contributed by atoms with Crippen LogP contribution >= 0.6 is 11.6 Å². The van der Waals surface area contributed by atoms with Crippen LogP contribution in [0.1, 0.15) is 56.2 Å². The Kier molecular flexibility index (Phi) is 8.54. The summed E-state index contributed by atoms with van der Waals surface area (Å²) in [5, 5.41) is 11.7. The number of hydrogen-bond donors (Lipinski definition) is 1. The maximum absolute atomic E-state index is 13.2. The molecule has 2 saturated heterocycles. The van der Waals surface area contributed by atoms with Gasteiger partial charge in [-0.1, -0.05) is 37.4 Å². The average Bonchev–Trinajstić information content (AvgIpc) is 3.49. The zero-order chi connectivity index (χ0) is 25.7. The SMILES string of the molecule is CCCCCOc1ccc(C2/C(=C(\O)c3ccc(Cl)cc3)C(=O)C(=O)N2CC2CCCO2)cc1OC. The number of aliphatic hydroxyl groups is 1. The fourth-order valence-corrected chi connectivity index (χ4v) is 4.82. The molecule has 2 aromatic carbocycles. The Balaban J connectivity index is 1.75. The van der Waals surface area contributed by atoms with Crippen molar-refractivity contribution in [1.29, 1.82) is 0 Å². The molecular weight excluding hydrogens is 482 g/mol. The van der Waals surface area contributed by atoms with Crippen LogP contribution in [0.4, 0.5) is 0 Å². The molecule has 2 fully saturated rings. The number of rotatable bonds is 10. The molecule has 192 valence electrons. The molecule has 0 aliphatic carbocycles. The molecule has 1 amide bonds. The number of benzene rings is 2. The van der Waals surface area contributed by atoms with E-state index in [2.05, 4.69) is 6.92 Å². The lowest BCUT2D eigenvalue weighted by molar-refractivity contribution is -0.140. The summed E-state index contributed by atoms with van der Waals surface area (Å²) in [6, 6.07) is 11.1. The Morgan fingerprint density at radius 1 is 1.14 bits per heavy atom. The van der Waals surface area contributed by atoms with E-state index in [0.29, 0.717) is 40.9 Å². The van der Waals surface area contributed by atoms with Gasteiger partial charge in [0.2, 0.25) is 0 Å². The van der Waals surface area contributed by atoms with Gasteiger partial charge in [-0.05, 0) is 61.2 Å². The first-order valence-corrected chi connectivity index (χ1v) is 12.8. The Labute approximate surface area is 216 Å². The minimum atomic E-state index is -0.798. The van der Waals surface area contributed by atoms with Crippen molar-refractivity contribution < 1.29 is 28.9 Å². The van der Waals surface area contributed by atoms with Crippen molar-refractivity contribution in [3.63, 3.8) is 0 Å². The predicted molar refractivity (Wildman–Crippen MR) is 137 cm³/mol. The first-order valence-electron chi connectivity index (χ1n) is 12.4. The second-order valence-electron chi connectivity index (χ2n) is 9.06. The monoisotopic (exact) mass is 513 g/mol. The summed E-state index contributed by atoms with van der Waals surface area (Å²) in [5.41, 5.74) is 1.07. The molecule has 8 heteroatoms. The van der Waals surface area contributed by atoms with Crippen LogP contribution in [0.2, 0.25) is 5.02 Å². The van der Waals surface area contributed by atoms with Crippen LogP contribution in [0.3, 0.4) is 0 Å². The summed E-state index contributed by atoms with van der Waals surface area (Å²) in [4.78, 5) is 27.9. The Morgan fingerprint density at radius 2 is 1.92 bits per heavy atom. The van der Waals surface area contributed by atoms with Gasteiger partial charge in [-0.15, -0.1) is 0 Å². The van der Waals surface area contributed by atoms with Crippen molar-refractivity contribution in [1.82, 2.24) is 4.90 Å². The van der Waals surface area contributed by atoms with Gasteiger partial charge in [0.15, 0.2) is 11.5 Å². The molecule has 0 aromatic heterocycles. The summed E-state index contributed by atoms with van der Waals surface area (Å²) in [5.74, 6) is -0.553. The second kappa shape index (κ2) is 11.8. The number of ether oxygens (including phenoxy) is 3. The lowest BCUT2D eigenvalue weighted by atomic mass is 9.95. The smallest absolute Gasteiger partial charge is 0.295 e. The number of hydrogen-bond acceptors (Lipinski definition) is 6. The summed E-state index contributed by atoms with van der Waals surface area (Å²) >= 11 is 6.01. The largest absolute Gasteiger partial charge is 0.507 e. The number of Topliss-reactive ketones (excluding diaryl/α,β-unsaturated/α-hetero) is 1. The molecular formula is C28H32ClNO6. The molecule has 2 aliphatic rings. The van der Waals surface area contributed by atoms with Crippen LogP contribution in [0.15, 0.2) is 48.0 Å². The topological polar surface area (TPSA) is 85.3 Å². The molecule has 2 heterocycles. The third-order valence-electron chi connectivity index (χ3n) is 6.59. The second-order valence-corrected chi connectivity index (χ2v) is 9.50. The van der Waals surface area contributed by atoms with Crippen molar-refractivity contribution in [2.24, 2.45) is 0 Å². The molecule has 2 atom stereocenters. The Bertz CT molecular complexity index is 1120. The average molecular weight is 514 g/mol. The lowest BCUT2D eigenvalue weighted by Crippen LogP contribution is -2.36. The van der Waals surface area contributed by atoms with Crippen LogP contribution in [-0.4, -0.2) is 54.7 Å². The number of aliphatic hydroxyl groups excluding tert-OH is 1. The fourth-order valence-electron chi connectivity index (χ4n) is 4.69. The summed E-state index contributed by atoms with van der Waals surface area (Å²) in [7, 11) is 1.55. The molecule has 2 aromatic rings. The molecule has 7 nitrogen and oxygen atoms in total. The van der Waals surface area contributed by atoms with E-state index in [-0.39, 0.29) is 24.0 Å². The normalized spacial score (nSPS) is 21.2. The van der Waals surface area contributed by atoms with Gasteiger partial charge in [0.1, 0.15) is 5.76 Å². The highest BCUT2D eigenvalue weighted by molar-refractivity contribution is 6.46. The number of methoxy groups -OCH3 is 1. The molecule has 4 rings (SSSR count). The Morgan fingerprint density at radius 3 is 2.58 bits per heavy atom. The maximum Gasteiger partial charge on any atom is 0.295 e. The third kappa shape index (κ3) is 5.52. The minimum Gasteiger partial charge on any atom is -0.507 e. The summed E-state index contributed by atoms with van der Waals surface area (Å²) in [6.45, 7) is 3.58. The van der Waals surface area contributed by atoms with Crippen molar-refractivity contribution in [2.75, 3.05) is 26.9 Å². The highest BCUT2D eigenvalue weighted by Crippen LogP contribution is 2.42. The lowest BCUT2D eigenvalue weighted by Gasteiger charge is -2.28. The van der Waals surface area contributed by atoms with Crippen LogP contribution in [0.25, 0.3) is 5.76 Å². The molecule has 0 radical (unpaired) electrons. The van der Waals surface area contributed by atoms with Gasteiger partial charge in [0.05, 0.1) is 31.4 Å². The Hall–Kier alpha value is -3.03. The van der Waals surface area contributed by atoms with E-state index < -0.39 is 17.7 Å². The van der Waals surface area contributed by atoms with Gasteiger partial charge >= 0.3 is 0 Å². The van der Waals surface area contributed by atoms with E-state index in [9.17, 15) is 14.7 Å². The van der Waals surface area contributed by atoms with Crippen LogP contribution in [-0.2, 0) is 14.3 Å². The molecule has 1 N–H and O–H groups in total. The van der Waals surface area contributed by atoms with Gasteiger partial charge in [0, 0.05) is 23.7 Å². The van der Waals surface area contributed by atoms with E-state index in [1.807, 2.05) is 6.07 Å². The van der Waals surface area contributed by atoms with Gasteiger partial charge in [0.25, 0.3) is 11.7 Å². The number of carbonyl (C=O) groups is 2. The molecule has 0 spiro atoms. The summed E-state index contributed by atoms with van der Waals surface area (Å²) in [6.07, 6.45) is 4.65. The van der Waals surface area contributed by atoms with E-state index in [1.54, 1.807) is 43.5 Å². The number of likely N-dealkylation sites (tertiary alicyclic amines) is 1. The molecule has 2 unspecified atom stereocenters. The van der Waals surface area contributed by atoms with Gasteiger partial charge in [-0.25, -0.2) is 0 Å². The van der Waals surface area contributed by atoms with Gasteiger partial charge < -0.3 is 24.2 Å². The van der Waals surface area contributed by atoms with Crippen LogP contribution < -0.4 is 9.47 Å². The number of nitrogens with zero attached hydrogens (tertiary/aromatic N) is 1. The number of halogens is 1. The first kappa shape index (κ1) is 26.0. The maximum atomic E-state index is 13.2. The number of amides is 1. The van der Waals surface area contributed by atoms with Crippen molar-refractivity contribution in [2.45, 2.75) is 51.2 Å². The number of ketones is 1. The fraction of sp³-hybridized carbons (Fsp3) is 0.429. The molecule has 36 heavy (non-hydrogen) atoms. The number of carbonyl (C=O) groups excluding carboxylic acids is 2. The van der Waals surface area contributed by atoms with Crippen molar-refractivity contribution >= 4 is 29.1 Å². The standard InChI is InChI=1S/C28H32ClNO6/c1-3-4-5-14-36-22-13-10-19(16-23(22)34-2)25-24(26(31)18-8-11-20(29)12-9-18)27(32)28(33)30(25)17-21-7-6-15-35-21/h8-13,16,21,25,31H,3-7,14-15,17H2,1-2H3/b26-24+. The zero-order valence-electron chi connectivity index (χ0n) is 20.7. The summed E-state index contributed by atoms with van der Waals surface area (Å²) < 4.78 is 17.3. The predicted octanol–water partition coefficient (Wildman–Crippen LogP) is 5.52. The van der Waals surface area contributed by atoms with E-state index in [1.165, 1.54) is 4.90 Å². The molecule has 2 aliphatic heterocycles. The first-order chi connectivity index (χ1) is 17.4. The van der Waals surface area contributed by atoms with Crippen LogP contribution in [0, 0.1) is 0 Å². The van der Waals surface area contributed by atoms with Crippen molar-refractivity contribution in [3.8, 4) is 11.5 Å². The van der Waals surface area contributed by atoms with E-state index in [0.717, 1.165) is 32.1 Å². The molecule has 0 bridgehead atoms. The van der Waals surface area contributed by atoms with Crippen LogP contribution in [0.5, 0.6) is 11.5 Å². The number of unbranched alkanes of at least 4 members (excludes halogenated alkanes) is 2. The van der Waals surface area contributed by atoms with Gasteiger partial charge in [-0.2, -0.15) is 0 Å². The minimum absolute atomic E-state index is 0.0268. The van der Waals surface area contributed by atoms with Gasteiger partial charge in [-0.3, -0.25) is 9.59 Å². The highest BCUT2D eigenvalue weighted by atomic mass is 35.5. The quantitative estimate of drug-likeness (QED) is 0.195. The third-order valence-corrected chi connectivity index (χ3v) is 6.84. The van der Waals surface area contributed by atoms with E-state index in [4.69, 9.17) is 25.8 Å². The molecule has 0 saturated carbocycles. The van der Waals surface area contributed by atoms with E-state index >= 15 is 0 Å². The zero-order valence-corrected chi connectivity index (χ0v) is 21.4. The van der Waals surface area contributed by atoms with Crippen molar-refractivity contribution in [3.05, 3.63) is 64.2 Å². The highest BCUT2D eigenvalue weighted by Gasteiger charge is 2.47.